The second kappa shape index (κ2) is 15.5. The maximum atomic E-state index is 2.45. The van der Waals surface area contributed by atoms with Crippen molar-refractivity contribution in [2.24, 2.45) is 11.3 Å². The average Bonchev–Trinajstić information content (AvgIpc) is 3.03. The van der Waals surface area contributed by atoms with Crippen LogP contribution >= 0.6 is 0 Å². The van der Waals surface area contributed by atoms with Crippen LogP contribution < -0.4 is 9.80 Å². The molecule has 0 radical (unpaired) electrons. The zero-order chi connectivity index (χ0) is 35.3. The number of unbranched alkanes of at least 4 members (excludes halogenated alkanes) is 1. The van der Waals surface area contributed by atoms with E-state index in [4.69, 9.17) is 0 Å². The molecule has 5 aromatic carbocycles. The van der Waals surface area contributed by atoms with Crippen molar-refractivity contribution < 1.29 is 0 Å². The van der Waals surface area contributed by atoms with Crippen molar-refractivity contribution in [2.45, 2.75) is 101 Å². The summed E-state index contributed by atoms with van der Waals surface area (Å²) in [4.78, 5) is 4.85. The zero-order valence-electron chi connectivity index (χ0n) is 31.8. The topological polar surface area (TPSA) is 6.48 Å². The molecule has 1 unspecified atom stereocenters. The third kappa shape index (κ3) is 9.24. The molecule has 0 aliphatic rings. The first kappa shape index (κ1) is 36.0. The molecule has 0 saturated carbocycles. The molecule has 1 atom stereocenters. The Morgan fingerprint density at radius 3 is 1.53 bits per heavy atom. The standard InChI is InChI=1S/C47H58N2/c1-33-21-24-41(25-22-33)48(42-19-13-16-34(2)27-42)45-30-39(7)46(31-38(45)6)49(43-20-14-17-35(3)28-43)44-26-23-40(37(5)29-44)18-12-11-15-36(4)32-47(8,9)10/h13-14,16-17,19-31,36H,11-12,15,18,32H2,1-10H3. The van der Waals surface area contributed by atoms with E-state index in [1.165, 1.54) is 93.1 Å². The summed E-state index contributed by atoms with van der Waals surface area (Å²) in [6.07, 6.45) is 6.29. The van der Waals surface area contributed by atoms with E-state index in [2.05, 4.69) is 182 Å². The number of anilines is 6. The van der Waals surface area contributed by atoms with Gasteiger partial charge < -0.3 is 9.80 Å². The smallest absolute Gasteiger partial charge is 0.0494 e. The van der Waals surface area contributed by atoms with E-state index in [1.807, 2.05) is 0 Å². The molecule has 5 aromatic rings. The van der Waals surface area contributed by atoms with Crippen molar-refractivity contribution in [3.63, 3.8) is 0 Å². The monoisotopic (exact) mass is 650 g/mol. The Morgan fingerprint density at radius 1 is 0.510 bits per heavy atom. The Kier molecular flexibility index (Phi) is 11.4. The van der Waals surface area contributed by atoms with Crippen molar-refractivity contribution >= 4 is 34.1 Å². The first-order chi connectivity index (χ1) is 23.3. The molecule has 0 aliphatic carbocycles. The highest BCUT2D eigenvalue weighted by Crippen LogP contribution is 2.43. The fraction of sp³-hybridized carbons (Fsp3) is 0.362. The first-order valence-electron chi connectivity index (χ1n) is 18.3. The molecule has 0 N–H and O–H groups in total. The van der Waals surface area contributed by atoms with Gasteiger partial charge in [-0.2, -0.15) is 0 Å². The Labute approximate surface area is 297 Å². The minimum atomic E-state index is 0.410. The lowest BCUT2D eigenvalue weighted by molar-refractivity contribution is 0.292. The van der Waals surface area contributed by atoms with Gasteiger partial charge in [0.15, 0.2) is 0 Å². The van der Waals surface area contributed by atoms with Crippen molar-refractivity contribution in [3.8, 4) is 0 Å². The van der Waals surface area contributed by atoms with Gasteiger partial charge in [-0.1, -0.05) is 88.6 Å². The van der Waals surface area contributed by atoms with E-state index in [0.29, 0.717) is 5.41 Å². The molecule has 0 aromatic heterocycles. The number of nitrogens with zero attached hydrogens (tertiary/aromatic N) is 2. The van der Waals surface area contributed by atoms with Crippen LogP contribution in [0.3, 0.4) is 0 Å². The predicted molar refractivity (Wildman–Crippen MR) is 215 cm³/mol. The highest BCUT2D eigenvalue weighted by atomic mass is 15.2. The largest absolute Gasteiger partial charge is 0.310 e. The van der Waals surface area contributed by atoms with Crippen LogP contribution in [0, 0.1) is 52.9 Å². The van der Waals surface area contributed by atoms with E-state index >= 15 is 0 Å². The first-order valence-corrected chi connectivity index (χ1v) is 18.3. The molecule has 0 heterocycles. The molecule has 49 heavy (non-hydrogen) atoms. The average molecular weight is 651 g/mol. The van der Waals surface area contributed by atoms with Crippen molar-refractivity contribution in [2.75, 3.05) is 9.80 Å². The number of hydrogen-bond donors (Lipinski definition) is 0. The summed E-state index contributed by atoms with van der Waals surface area (Å²) in [5.41, 5.74) is 16.6. The number of benzene rings is 5. The summed E-state index contributed by atoms with van der Waals surface area (Å²) < 4.78 is 0. The highest BCUT2D eigenvalue weighted by molar-refractivity contribution is 5.85. The van der Waals surface area contributed by atoms with Gasteiger partial charge in [0.2, 0.25) is 0 Å². The van der Waals surface area contributed by atoms with Gasteiger partial charge in [-0.05, 0) is 166 Å². The summed E-state index contributed by atoms with van der Waals surface area (Å²) in [6.45, 7) is 22.8. The summed E-state index contributed by atoms with van der Waals surface area (Å²) in [7, 11) is 0. The van der Waals surface area contributed by atoms with Gasteiger partial charge in [0.05, 0.1) is 0 Å². The minimum absolute atomic E-state index is 0.410. The highest BCUT2D eigenvalue weighted by Gasteiger charge is 2.21. The van der Waals surface area contributed by atoms with E-state index in [9.17, 15) is 0 Å². The van der Waals surface area contributed by atoms with E-state index in [-0.39, 0.29) is 0 Å². The summed E-state index contributed by atoms with van der Waals surface area (Å²) in [6, 6.07) is 38.4. The van der Waals surface area contributed by atoms with E-state index in [0.717, 1.165) is 18.0 Å². The maximum Gasteiger partial charge on any atom is 0.0494 e. The molecule has 0 amide bonds. The number of aryl methyl sites for hydroxylation is 7. The third-order valence-corrected chi connectivity index (χ3v) is 9.75. The lowest BCUT2D eigenvalue weighted by Gasteiger charge is -2.32. The Balaban J connectivity index is 1.50. The van der Waals surface area contributed by atoms with Gasteiger partial charge in [0, 0.05) is 34.1 Å². The Hall–Kier alpha value is -4.30. The van der Waals surface area contributed by atoms with Crippen molar-refractivity contribution in [3.05, 3.63) is 142 Å². The normalized spacial score (nSPS) is 12.2. The van der Waals surface area contributed by atoms with Gasteiger partial charge in [0.1, 0.15) is 0 Å². The molecule has 0 fully saturated rings. The molecule has 2 nitrogen and oxygen atoms in total. The van der Waals surface area contributed by atoms with Crippen LogP contribution in [0.15, 0.2) is 103 Å². The summed E-state index contributed by atoms with van der Waals surface area (Å²) >= 11 is 0. The summed E-state index contributed by atoms with van der Waals surface area (Å²) in [5.74, 6) is 0.783. The third-order valence-electron chi connectivity index (χ3n) is 9.75. The van der Waals surface area contributed by atoms with E-state index < -0.39 is 0 Å². The van der Waals surface area contributed by atoms with Gasteiger partial charge in [-0.25, -0.2) is 0 Å². The molecule has 0 bridgehead atoms. The van der Waals surface area contributed by atoms with Crippen LogP contribution in [-0.4, -0.2) is 0 Å². The maximum absolute atomic E-state index is 2.45. The quantitative estimate of drug-likeness (QED) is 0.124. The van der Waals surface area contributed by atoms with Gasteiger partial charge in [0.25, 0.3) is 0 Å². The zero-order valence-corrected chi connectivity index (χ0v) is 31.8. The lowest BCUT2D eigenvalue weighted by Crippen LogP contribution is -2.15. The molecule has 5 rings (SSSR count). The second-order valence-corrected chi connectivity index (χ2v) is 15.8. The fourth-order valence-electron chi connectivity index (χ4n) is 7.41. The van der Waals surface area contributed by atoms with Gasteiger partial charge in [-0.15, -0.1) is 0 Å². The van der Waals surface area contributed by atoms with Crippen LogP contribution in [0.1, 0.15) is 92.3 Å². The summed E-state index contributed by atoms with van der Waals surface area (Å²) in [5, 5.41) is 0. The van der Waals surface area contributed by atoms with Crippen LogP contribution in [0.4, 0.5) is 34.1 Å². The lowest BCUT2D eigenvalue weighted by atomic mass is 9.83. The predicted octanol–water partition coefficient (Wildman–Crippen LogP) is 14.3. The van der Waals surface area contributed by atoms with Gasteiger partial charge in [-0.3, -0.25) is 0 Å². The fourth-order valence-corrected chi connectivity index (χ4v) is 7.41. The molecular formula is C47H58N2. The van der Waals surface area contributed by atoms with Crippen molar-refractivity contribution in [1.82, 2.24) is 0 Å². The van der Waals surface area contributed by atoms with E-state index in [1.54, 1.807) is 0 Å². The SMILES string of the molecule is Cc1ccc(N(c2cccc(C)c2)c2cc(C)c(N(c3cccc(C)c3)c3ccc(CCCCC(C)CC(C)(C)C)c(C)c3)cc2C)cc1. The Bertz CT molecular complexity index is 1860. The number of rotatable bonds is 12. The van der Waals surface area contributed by atoms with Crippen LogP contribution in [0.2, 0.25) is 0 Å². The van der Waals surface area contributed by atoms with Crippen LogP contribution in [0.5, 0.6) is 0 Å². The molecule has 0 spiro atoms. The molecular weight excluding hydrogens is 593 g/mol. The second-order valence-electron chi connectivity index (χ2n) is 15.8. The molecule has 0 saturated heterocycles. The van der Waals surface area contributed by atoms with Crippen LogP contribution in [0.25, 0.3) is 0 Å². The molecule has 0 aliphatic heterocycles. The molecule has 256 valence electrons. The van der Waals surface area contributed by atoms with Gasteiger partial charge >= 0.3 is 0 Å². The molecule has 2 heteroatoms. The minimum Gasteiger partial charge on any atom is -0.310 e. The van der Waals surface area contributed by atoms with Crippen molar-refractivity contribution in [1.29, 1.82) is 0 Å². The van der Waals surface area contributed by atoms with Crippen LogP contribution in [-0.2, 0) is 6.42 Å². The Morgan fingerprint density at radius 2 is 1.02 bits per heavy atom. The number of hydrogen-bond acceptors (Lipinski definition) is 2.